The molecule has 0 saturated heterocycles. The van der Waals surface area contributed by atoms with E-state index in [1.54, 1.807) is 6.08 Å². The third-order valence-electron chi connectivity index (χ3n) is 5.79. The third kappa shape index (κ3) is 4.17. The molecular weight excluding hydrogens is 365 g/mol. The molecule has 1 aliphatic heterocycles. The standard InChI is InChI=1S/C24H26FN3O/c1-15-10-22-21(16(2)13-24(3,4)28(22)5)12-17(15)11-18(14-26)23(29)27-20-8-6-19(25)7-9-20/h6-12,16H,13H2,1-5H3,(H,27,29)/b18-11-. The fourth-order valence-corrected chi connectivity index (χ4v) is 3.93. The van der Waals surface area contributed by atoms with Crippen molar-refractivity contribution in [1.29, 1.82) is 5.26 Å². The number of anilines is 2. The highest BCUT2D eigenvalue weighted by molar-refractivity contribution is 6.09. The average Bonchev–Trinajstić information content (AvgIpc) is 2.66. The molecule has 0 radical (unpaired) electrons. The van der Waals surface area contributed by atoms with Gasteiger partial charge in [-0.3, -0.25) is 4.79 Å². The fourth-order valence-electron chi connectivity index (χ4n) is 3.93. The van der Waals surface area contributed by atoms with Crippen molar-refractivity contribution >= 4 is 23.4 Å². The van der Waals surface area contributed by atoms with Crippen LogP contribution in [-0.2, 0) is 4.79 Å². The molecule has 0 aliphatic carbocycles. The van der Waals surface area contributed by atoms with E-state index in [4.69, 9.17) is 0 Å². The Morgan fingerprint density at radius 2 is 1.97 bits per heavy atom. The van der Waals surface area contributed by atoms with Gasteiger partial charge >= 0.3 is 0 Å². The van der Waals surface area contributed by atoms with Crippen molar-refractivity contribution < 1.29 is 9.18 Å². The van der Waals surface area contributed by atoms with Crippen LogP contribution in [0.3, 0.4) is 0 Å². The molecular formula is C24H26FN3O. The Bertz CT molecular complexity index is 1020. The summed E-state index contributed by atoms with van der Waals surface area (Å²) in [5.74, 6) is -0.518. The van der Waals surface area contributed by atoms with Gasteiger partial charge in [0.25, 0.3) is 5.91 Å². The van der Waals surface area contributed by atoms with Crippen molar-refractivity contribution in [1.82, 2.24) is 0 Å². The van der Waals surface area contributed by atoms with Crippen molar-refractivity contribution in [2.24, 2.45) is 0 Å². The minimum absolute atomic E-state index is 0.00882. The Morgan fingerprint density at radius 3 is 2.59 bits per heavy atom. The average molecular weight is 391 g/mol. The highest BCUT2D eigenvalue weighted by Gasteiger charge is 2.34. The number of amides is 1. The third-order valence-corrected chi connectivity index (χ3v) is 5.79. The molecule has 0 saturated carbocycles. The molecule has 29 heavy (non-hydrogen) atoms. The molecule has 0 spiro atoms. The molecule has 0 bridgehead atoms. The van der Waals surface area contributed by atoms with Gasteiger partial charge < -0.3 is 10.2 Å². The molecule has 1 aliphatic rings. The van der Waals surface area contributed by atoms with Crippen LogP contribution in [0.1, 0.15) is 49.8 Å². The molecule has 2 aromatic carbocycles. The van der Waals surface area contributed by atoms with Gasteiger partial charge in [0, 0.05) is 24.0 Å². The number of hydrogen-bond acceptors (Lipinski definition) is 3. The second kappa shape index (κ2) is 7.71. The van der Waals surface area contributed by atoms with Crippen LogP contribution in [-0.4, -0.2) is 18.5 Å². The Balaban J connectivity index is 1.94. The van der Waals surface area contributed by atoms with Gasteiger partial charge in [-0.05, 0) is 92.3 Å². The van der Waals surface area contributed by atoms with Crippen molar-refractivity contribution in [2.75, 3.05) is 17.3 Å². The van der Waals surface area contributed by atoms with Crippen LogP contribution in [0.15, 0.2) is 42.0 Å². The first-order valence-electron chi connectivity index (χ1n) is 9.69. The van der Waals surface area contributed by atoms with Crippen LogP contribution >= 0.6 is 0 Å². The second-order valence-electron chi connectivity index (χ2n) is 8.38. The monoisotopic (exact) mass is 391 g/mol. The molecule has 0 aromatic heterocycles. The quantitative estimate of drug-likeness (QED) is 0.563. The number of aryl methyl sites for hydroxylation is 1. The van der Waals surface area contributed by atoms with E-state index in [0.717, 1.165) is 17.5 Å². The number of hydrogen-bond donors (Lipinski definition) is 1. The van der Waals surface area contributed by atoms with E-state index in [2.05, 4.69) is 50.2 Å². The van der Waals surface area contributed by atoms with Crippen molar-refractivity contribution in [2.45, 2.75) is 45.6 Å². The topological polar surface area (TPSA) is 56.1 Å². The predicted molar refractivity (Wildman–Crippen MR) is 115 cm³/mol. The first-order valence-corrected chi connectivity index (χ1v) is 9.69. The summed E-state index contributed by atoms with van der Waals surface area (Å²) in [7, 11) is 2.11. The largest absolute Gasteiger partial charge is 0.369 e. The summed E-state index contributed by atoms with van der Waals surface area (Å²) in [6, 6.07) is 11.7. The normalized spacial score (nSPS) is 18.0. The minimum atomic E-state index is -0.512. The van der Waals surface area contributed by atoms with Gasteiger partial charge in [-0.1, -0.05) is 6.92 Å². The van der Waals surface area contributed by atoms with E-state index in [1.165, 1.54) is 35.5 Å². The molecule has 4 nitrogen and oxygen atoms in total. The molecule has 1 amide bonds. The lowest BCUT2D eigenvalue weighted by Gasteiger charge is -2.45. The fraction of sp³-hybridized carbons (Fsp3) is 0.333. The first-order chi connectivity index (χ1) is 13.6. The highest BCUT2D eigenvalue weighted by Crippen LogP contribution is 2.43. The lowest BCUT2D eigenvalue weighted by Crippen LogP contribution is -2.45. The number of benzene rings is 2. The number of nitrogens with zero attached hydrogens (tertiary/aromatic N) is 2. The Hall–Kier alpha value is -3.13. The van der Waals surface area contributed by atoms with Crippen LogP contribution in [0.5, 0.6) is 0 Å². The summed E-state index contributed by atoms with van der Waals surface area (Å²) in [6.45, 7) is 8.67. The summed E-state index contributed by atoms with van der Waals surface area (Å²) >= 11 is 0. The number of halogens is 1. The van der Waals surface area contributed by atoms with Crippen molar-refractivity contribution in [3.63, 3.8) is 0 Å². The van der Waals surface area contributed by atoms with Gasteiger partial charge in [0.05, 0.1) is 0 Å². The summed E-state index contributed by atoms with van der Waals surface area (Å²) in [4.78, 5) is 14.8. The molecule has 5 heteroatoms. The van der Waals surface area contributed by atoms with E-state index in [9.17, 15) is 14.4 Å². The van der Waals surface area contributed by atoms with E-state index in [1.807, 2.05) is 13.0 Å². The maximum absolute atomic E-state index is 13.0. The van der Waals surface area contributed by atoms with E-state index >= 15 is 0 Å². The summed E-state index contributed by atoms with van der Waals surface area (Å²) in [5, 5.41) is 12.2. The molecule has 1 unspecified atom stereocenters. The lowest BCUT2D eigenvalue weighted by molar-refractivity contribution is -0.112. The number of carbonyl (C=O) groups excluding carboxylic acids is 1. The predicted octanol–water partition coefficient (Wildman–Crippen LogP) is 5.40. The van der Waals surface area contributed by atoms with Crippen LogP contribution < -0.4 is 10.2 Å². The molecule has 1 atom stereocenters. The minimum Gasteiger partial charge on any atom is -0.369 e. The zero-order valence-corrected chi connectivity index (χ0v) is 17.5. The lowest BCUT2D eigenvalue weighted by atomic mass is 9.79. The van der Waals surface area contributed by atoms with Gasteiger partial charge in [-0.25, -0.2) is 4.39 Å². The van der Waals surface area contributed by atoms with E-state index in [0.29, 0.717) is 11.6 Å². The SMILES string of the molecule is Cc1cc2c(cc1/C=C(/C#N)C(=O)Nc1ccc(F)cc1)C(C)CC(C)(C)N2C. The molecule has 3 rings (SSSR count). The van der Waals surface area contributed by atoms with Crippen LogP contribution in [0.25, 0.3) is 6.08 Å². The van der Waals surface area contributed by atoms with Gasteiger partial charge in [0.15, 0.2) is 0 Å². The van der Waals surface area contributed by atoms with Crippen molar-refractivity contribution in [3.05, 3.63) is 64.5 Å². The van der Waals surface area contributed by atoms with Crippen LogP contribution in [0.4, 0.5) is 15.8 Å². The smallest absolute Gasteiger partial charge is 0.266 e. The van der Waals surface area contributed by atoms with Gasteiger partial charge in [0.2, 0.25) is 0 Å². The van der Waals surface area contributed by atoms with E-state index < -0.39 is 5.91 Å². The van der Waals surface area contributed by atoms with Crippen LogP contribution in [0.2, 0.25) is 0 Å². The summed E-state index contributed by atoms with van der Waals surface area (Å²) < 4.78 is 13.0. The van der Waals surface area contributed by atoms with Gasteiger partial charge in [-0.2, -0.15) is 5.26 Å². The van der Waals surface area contributed by atoms with Gasteiger partial charge in [0.1, 0.15) is 17.5 Å². The van der Waals surface area contributed by atoms with Crippen molar-refractivity contribution in [3.8, 4) is 6.07 Å². The molecule has 0 fully saturated rings. The number of carbonyl (C=O) groups is 1. The zero-order valence-electron chi connectivity index (χ0n) is 17.5. The molecule has 1 N–H and O–H groups in total. The number of rotatable bonds is 3. The number of fused-ring (bicyclic) bond motifs is 1. The Morgan fingerprint density at radius 1 is 1.31 bits per heavy atom. The van der Waals surface area contributed by atoms with Gasteiger partial charge in [-0.15, -0.1) is 0 Å². The Labute approximate surface area is 171 Å². The molecule has 150 valence electrons. The number of nitrogens with one attached hydrogen (secondary N) is 1. The maximum Gasteiger partial charge on any atom is 0.266 e. The van der Waals surface area contributed by atoms with E-state index in [-0.39, 0.29) is 16.9 Å². The maximum atomic E-state index is 13.0. The zero-order chi connectivity index (χ0) is 21.3. The molecule has 2 aromatic rings. The summed E-state index contributed by atoms with van der Waals surface area (Å²) in [5.41, 5.74) is 4.80. The summed E-state index contributed by atoms with van der Waals surface area (Å²) in [6.07, 6.45) is 2.65. The molecule has 1 heterocycles. The highest BCUT2D eigenvalue weighted by atomic mass is 19.1. The number of nitriles is 1. The van der Waals surface area contributed by atoms with Crippen LogP contribution in [0, 0.1) is 24.1 Å². The first kappa shape index (κ1) is 20.6. The Kier molecular flexibility index (Phi) is 5.48. The second-order valence-corrected chi connectivity index (χ2v) is 8.38.